The Bertz CT molecular complexity index is 1340. The van der Waals surface area contributed by atoms with Crippen LogP contribution >= 0.6 is 0 Å². The van der Waals surface area contributed by atoms with Gasteiger partial charge in [-0.3, -0.25) is 9.20 Å². The molecule has 150 valence electrons. The van der Waals surface area contributed by atoms with Gasteiger partial charge in [-0.15, -0.1) is 0 Å². The lowest BCUT2D eigenvalue weighted by atomic mass is 9.85. The molecule has 0 radical (unpaired) electrons. The molecule has 1 atom stereocenters. The number of carbonyl (C=O) groups excluding carboxylic acids is 1. The van der Waals surface area contributed by atoms with E-state index in [2.05, 4.69) is 9.97 Å². The lowest BCUT2D eigenvalue weighted by Gasteiger charge is -2.41. The highest BCUT2D eigenvalue weighted by atomic mass is 16.5. The van der Waals surface area contributed by atoms with Crippen LogP contribution in [0.25, 0.3) is 16.8 Å². The number of para-hydroxylation sites is 2. The van der Waals surface area contributed by atoms with Gasteiger partial charge in [0.2, 0.25) is 5.78 Å². The Balaban J connectivity index is 1.57. The minimum Gasteiger partial charge on any atom is -0.493 e. The molecule has 2 aliphatic rings. The lowest BCUT2D eigenvalue weighted by Crippen LogP contribution is -2.45. The molecular weight excluding hydrogens is 380 g/mol. The molecule has 0 N–H and O–H groups in total. The van der Waals surface area contributed by atoms with E-state index < -0.39 is 0 Å². The van der Waals surface area contributed by atoms with Crippen molar-refractivity contribution in [2.24, 2.45) is 0 Å². The van der Waals surface area contributed by atoms with E-state index in [1.54, 1.807) is 20.4 Å². The molecule has 30 heavy (non-hydrogen) atoms. The van der Waals surface area contributed by atoms with Crippen molar-refractivity contribution in [2.45, 2.75) is 18.9 Å². The summed E-state index contributed by atoms with van der Waals surface area (Å²) in [6.45, 7) is 0.675. The lowest BCUT2D eigenvalue weighted by molar-refractivity contribution is 0.0627. The van der Waals surface area contributed by atoms with Crippen molar-refractivity contribution in [3.05, 3.63) is 65.0 Å². The molecule has 0 unspecified atom stereocenters. The van der Waals surface area contributed by atoms with Gasteiger partial charge in [0, 0.05) is 24.9 Å². The molecule has 0 aliphatic carbocycles. The van der Waals surface area contributed by atoms with E-state index in [4.69, 9.17) is 9.47 Å². The van der Waals surface area contributed by atoms with E-state index in [0.717, 1.165) is 34.5 Å². The first kappa shape index (κ1) is 17.3. The number of nitrogens with zero attached hydrogens (tertiary/aromatic N) is 4. The number of benzene rings is 2. The minimum absolute atomic E-state index is 0.0221. The number of aromatic nitrogens is 3. The van der Waals surface area contributed by atoms with Gasteiger partial charge in [0.1, 0.15) is 0 Å². The van der Waals surface area contributed by atoms with E-state index in [1.165, 1.54) is 5.56 Å². The summed E-state index contributed by atoms with van der Waals surface area (Å²) in [7, 11) is 3.28. The summed E-state index contributed by atoms with van der Waals surface area (Å²) >= 11 is 0. The van der Waals surface area contributed by atoms with Crippen LogP contribution in [0, 0.1) is 0 Å². The van der Waals surface area contributed by atoms with Crippen LogP contribution in [0.2, 0.25) is 0 Å². The Morgan fingerprint density at radius 2 is 1.90 bits per heavy atom. The van der Waals surface area contributed by atoms with E-state index in [0.29, 0.717) is 30.1 Å². The second-order valence-corrected chi connectivity index (χ2v) is 7.73. The molecule has 6 rings (SSSR count). The Labute approximate surface area is 172 Å². The Morgan fingerprint density at radius 3 is 2.73 bits per heavy atom. The third-order valence-electron chi connectivity index (χ3n) is 6.31. The molecule has 0 fully saturated rings. The standard InChI is InChI=1S/C23H20N4O3/c1-29-20-9-13-7-8-26-18(14(13)10-21(20)30-2)11-19-15(22(26)28)12-24-23-25-16-5-3-4-6-17(16)27(19)23/h3-6,9-10,12,18H,7-8,11H2,1-2H3/t18-/m1/s1. The summed E-state index contributed by atoms with van der Waals surface area (Å²) in [5.41, 5.74) is 5.79. The summed E-state index contributed by atoms with van der Waals surface area (Å²) in [5.74, 6) is 2.05. The fraction of sp³-hybridized carbons (Fsp3) is 0.261. The zero-order valence-corrected chi connectivity index (χ0v) is 16.8. The molecular formula is C23H20N4O3. The molecule has 0 saturated heterocycles. The number of rotatable bonds is 2. The molecule has 0 bridgehead atoms. The first-order valence-corrected chi connectivity index (χ1v) is 10.0. The molecule has 0 spiro atoms. The summed E-state index contributed by atoms with van der Waals surface area (Å²) in [6, 6.07) is 12.0. The number of ether oxygens (including phenoxy) is 2. The van der Waals surface area contributed by atoms with Gasteiger partial charge in [-0.2, -0.15) is 0 Å². The maximum atomic E-state index is 13.4. The average Bonchev–Trinajstić information content (AvgIpc) is 3.17. The quantitative estimate of drug-likeness (QED) is 0.517. The van der Waals surface area contributed by atoms with Crippen molar-refractivity contribution in [3.63, 3.8) is 0 Å². The molecule has 4 heterocycles. The summed E-state index contributed by atoms with van der Waals surface area (Å²) < 4.78 is 13.1. The second kappa shape index (κ2) is 6.19. The molecule has 7 nitrogen and oxygen atoms in total. The summed E-state index contributed by atoms with van der Waals surface area (Å²) in [6.07, 6.45) is 3.17. The molecule has 4 aromatic rings. The topological polar surface area (TPSA) is 69.0 Å². The van der Waals surface area contributed by atoms with Gasteiger partial charge in [-0.05, 0) is 41.8 Å². The number of hydrogen-bond donors (Lipinski definition) is 0. The van der Waals surface area contributed by atoms with Gasteiger partial charge in [0.05, 0.1) is 36.9 Å². The maximum absolute atomic E-state index is 13.4. The molecule has 1 amide bonds. The predicted molar refractivity (Wildman–Crippen MR) is 111 cm³/mol. The van der Waals surface area contributed by atoms with Crippen LogP contribution < -0.4 is 9.47 Å². The van der Waals surface area contributed by atoms with Gasteiger partial charge >= 0.3 is 0 Å². The van der Waals surface area contributed by atoms with Gasteiger partial charge in [-0.1, -0.05) is 12.1 Å². The summed E-state index contributed by atoms with van der Waals surface area (Å²) in [4.78, 5) is 24.5. The van der Waals surface area contributed by atoms with Gasteiger partial charge in [0.15, 0.2) is 11.5 Å². The zero-order chi connectivity index (χ0) is 20.4. The fourth-order valence-corrected chi connectivity index (χ4v) is 4.89. The number of imidazole rings is 1. The highest BCUT2D eigenvalue weighted by molar-refractivity contribution is 5.97. The largest absolute Gasteiger partial charge is 0.493 e. The average molecular weight is 400 g/mol. The maximum Gasteiger partial charge on any atom is 0.257 e. The van der Waals surface area contributed by atoms with Crippen LogP contribution in [0.15, 0.2) is 42.6 Å². The third kappa shape index (κ3) is 2.23. The normalized spacial score (nSPS) is 17.6. The minimum atomic E-state index is -0.0553. The third-order valence-corrected chi connectivity index (χ3v) is 6.31. The Morgan fingerprint density at radius 1 is 1.10 bits per heavy atom. The monoisotopic (exact) mass is 400 g/mol. The van der Waals surface area contributed by atoms with Crippen molar-refractivity contribution in [1.82, 2.24) is 19.3 Å². The van der Waals surface area contributed by atoms with E-state index in [9.17, 15) is 4.79 Å². The molecule has 2 aromatic carbocycles. The SMILES string of the molecule is COc1cc2c(cc1OC)[C@H]1Cc3c(cnc4nc5ccccc5n34)C(=O)N1CC2. The molecule has 2 aromatic heterocycles. The molecule has 7 heteroatoms. The Kier molecular flexibility index (Phi) is 3.56. The molecule has 0 saturated carbocycles. The zero-order valence-electron chi connectivity index (χ0n) is 16.8. The molecule has 2 aliphatic heterocycles. The Hall–Kier alpha value is -3.61. The second-order valence-electron chi connectivity index (χ2n) is 7.73. The van der Waals surface area contributed by atoms with Crippen LogP contribution in [0.5, 0.6) is 11.5 Å². The van der Waals surface area contributed by atoms with E-state index in [-0.39, 0.29) is 11.9 Å². The number of fused-ring (bicyclic) bond motifs is 8. The van der Waals surface area contributed by atoms with E-state index in [1.807, 2.05) is 45.7 Å². The smallest absolute Gasteiger partial charge is 0.257 e. The van der Waals surface area contributed by atoms with Crippen molar-refractivity contribution in [3.8, 4) is 11.5 Å². The van der Waals surface area contributed by atoms with E-state index >= 15 is 0 Å². The van der Waals surface area contributed by atoms with Crippen LogP contribution in [0.4, 0.5) is 0 Å². The highest BCUT2D eigenvalue weighted by Crippen LogP contribution is 2.42. The fourth-order valence-electron chi connectivity index (χ4n) is 4.89. The van der Waals surface area contributed by atoms with Crippen molar-refractivity contribution < 1.29 is 14.3 Å². The predicted octanol–water partition coefficient (Wildman–Crippen LogP) is 3.20. The number of amides is 1. The highest BCUT2D eigenvalue weighted by Gasteiger charge is 2.39. The van der Waals surface area contributed by atoms with Gasteiger partial charge in [-0.25, -0.2) is 9.97 Å². The van der Waals surface area contributed by atoms with Crippen LogP contribution in [-0.4, -0.2) is 45.9 Å². The van der Waals surface area contributed by atoms with Crippen LogP contribution in [-0.2, 0) is 12.8 Å². The van der Waals surface area contributed by atoms with Crippen molar-refractivity contribution in [1.29, 1.82) is 0 Å². The summed E-state index contributed by atoms with van der Waals surface area (Å²) in [5, 5.41) is 0. The number of hydrogen-bond acceptors (Lipinski definition) is 5. The van der Waals surface area contributed by atoms with Gasteiger partial charge in [0.25, 0.3) is 5.91 Å². The first-order chi connectivity index (χ1) is 14.7. The van der Waals surface area contributed by atoms with Gasteiger partial charge < -0.3 is 14.4 Å². The number of carbonyl (C=O) groups is 1. The number of methoxy groups -OCH3 is 2. The van der Waals surface area contributed by atoms with Crippen LogP contribution in [0.3, 0.4) is 0 Å². The van der Waals surface area contributed by atoms with Crippen molar-refractivity contribution in [2.75, 3.05) is 20.8 Å². The van der Waals surface area contributed by atoms with Crippen LogP contribution in [0.1, 0.15) is 33.2 Å². The van der Waals surface area contributed by atoms with Crippen molar-refractivity contribution >= 4 is 22.7 Å². The first-order valence-electron chi connectivity index (χ1n) is 10.0.